The summed E-state index contributed by atoms with van der Waals surface area (Å²) in [5.74, 6) is 0.658. The van der Waals surface area contributed by atoms with Crippen molar-refractivity contribution >= 4 is 15.9 Å². The fraction of sp³-hybridized carbons (Fsp3) is 0.214. The second-order valence-corrected chi connectivity index (χ2v) is 4.87. The van der Waals surface area contributed by atoms with Crippen LogP contribution in [0.1, 0.15) is 22.9 Å². The van der Waals surface area contributed by atoms with E-state index in [1.54, 1.807) is 13.3 Å². The number of rotatable bonds is 3. The highest BCUT2D eigenvalue weighted by molar-refractivity contribution is 9.10. The third kappa shape index (κ3) is 2.54. The molecule has 3 nitrogen and oxygen atoms in total. The van der Waals surface area contributed by atoms with Gasteiger partial charge in [0.1, 0.15) is 11.9 Å². The molecule has 1 atom stereocenters. The molecule has 2 aromatic rings. The number of pyridine rings is 1. The van der Waals surface area contributed by atoms with Crippen molar-refractivity contribution < 1.29 is 9.84 Å². The average Bonchev–Trinajstić information content (AvgIpc) is 2.38. The molecule has 0 amide bonds. The maximum absolute atomic E-state index is 10.4. The predicted molar refractivity (Wildman–Crippen MR) is 73.7 cm³/mol. The van der Waals surface area contributed by atoms with E-state index in [0.717, 1.165) is 15.6 Å². The molecule has 0 bridgehead atoms. The first-order chi connectivity index (χ1) is 8.63. The van der Waals surface area contributed by atoms with Gasteiger partial charge in [-0.3, -0.25) is 4.98 Å². The third-order valence-corrected chi connectivity index (χ3v) is 3.40. The molecule has 0 fully saturated rings. The molecule has 18 heavy (non-hydrogen) atoms. The summed E-state index contributed by atoms with van der Waals surface area (Å²) in [6.07, 6.45) is 0.849. The number of methoxy groups -OCH3 is 1. The zero-order valence-electron chi connectivity index (χ0n) is 10.2. The SMILES string of the molecule is COc1ccc(C)cc1C(O)c1ncccc1Br. The lowest BCUT2D eigenvalue weighted by atomic mass is 10.0. The summed E-state index contributed by atoms with van der Waals surface area (Å²) in [6, 6.07) is 9.37. The highest BCUT2D eigenvalue weighted by atomic mass is 79.9. The molecule has 1 aromatic heterocycles. The first kappa shape index (κ1) is 13.1. The molecule has 0 aliphatic rings. The standard InChI is InChI=1S/C14H14BrNO2/c1-9-5-6-12(18-2)10(8-9)14(17)13-11(15)4-3-7-16-13/h3-8,14,17H,1-2H3. The molecular weight excluding hydrogens is 294 g/mol. The van der Waals surface area contributed by atoms with E-state index in [-0.39, 0.29) is 0 Å². The fourth-order valence-electron chi connectivity index (χ4n) is 1.81. The number of hydrogen-bond donors (Lipinski definition) is 1. The van der Waals surface area contributed by atoms with Gasteiger partial charge >= 0.3 is 0 Å². The Morgan fingerprint density at radius 2 is 2.11 bits per heavy atom. The van der Waals surface area contributed by atoms with Gasteiger partial charge in [0.15, 0.2) is 0 Å². The van der Waals surface area contributed by atoms with Gasteiger partial charge in [-0.2, -0.15) is 0 Å². The van der Waals surface area contributed by atoms with Crippen LogP contribution in [0.15, 0.2) is 41.0 Å². The molecular formula is C14H14BrNO2. The molecule has 1 N–H and O–H groups in total. The van der Waals surface area contributed by atoms with Crippen molar-refractivity contribution in [2.45, 2.75) is 13.0 Å². The zero-order chi connectivity index (χ0) is 13.1. The van der Waals surface area contributed by atoms with Gasteiger partial charge in [-0.1, -0.05) is 11.6 Å². The number of aryl methyl sites for hydroxylation is 1. The number of aliphatic hydroxyl groups excluding tert-OH is 1. The number of benzene rings is 1. The van der Waals surface area contributed by atoms with Gasteiger partial charge in [0.05, 0.1) is 12.8 Å². The highest BCUT2D eigenvalue weighted by Crippen LogP contribution is 2.32. The monoisotopic (exact) mass is 307 g/mol. The van der Waals surface area contributed by atoms with Crippen molar-refractivity contribution in [3.05, 3.63) is 57.8 Å². The molecule has 1 unspecified atom stereocenters. The number of aliphatic hydroxyl groups is 1. The van der Waals surface area contributed by atoms with Crippen LogP contribution in [-0.4, -0.2) is 17.2 Å². The Bertz CT molecular complexity index is 557. The Labute approximate surface area is 115 Å². The largest absolute Gasteiger partial charge is 0.496 e. The van der Waals surface area contributed by atoms with E-state index < -0.39 is 6.10 Å². The van der Waals surface area contributed by atoms with Crippen molar-refractivity contribution in [3.63, 3.8) is 0 Å². The molecule has 4 heteroatoms. The quantitative estimate of drug-likeness (QED) is 0.946. The van der Waals surface area contributed by atoms with Gasteiger partial charge in [0, 0.05) is 16.2 Å². The molecule has 1 aromatic carbocycles. The smallest absolute Gasteiger partial charge is 0.126 e. The number of halogens is 1. The summed E-state index contributed by atoms with van der Waals surface area (Å²) in [5.41, 5.74) is 2.37. The molecule has 2 rings (SSSR count). The second kappa shape index (κ2) is 5.50. The van der Waals surface area contributed by atoms with E-state index in [2.05, 4.69) is 20.9 Å². The Morgan fingerprint density at radius 3 is 2.78 bits per heavy atom. The van der Waals surface area contributed by atoms with Crippen LogP contribution in [0.3, 0.4) is 0 Å². The fourth-order valence-corrected chi connectivity index (χ4v) is 2.29. The van der Waals surface area contributed by atoms with Gasteiger partial charge in [-0.05, 0) is 47.1 Å². The Hall–Kier alpha value is -1.39. The molecule has 0 spiro atoms. The molecule has 0 saturated heterocycles. The van der Waals surface area contributed by atoms with Crippen LogP contribution in [0.25, 0.3) is 0 Å². The van der Waals surface area contributed by atoms with Crippen molar-refractivity contribution in [2.75, 3.05) is 7.11 Å². The molecule has 1 heterocycles. The molecule has 0 aliphatic heterocycles. The minimum absolute atomic E-state index is 0.585. The van der Waals surface area contributed by atoms with E-state index in [0.29, 0.717) is 11.4 Å². The van der Waals surface area contributed by atoms with Gasteiger partial charge in [-0.25, -0.2) is 0 Å². The first-order valence-electron chi connectivity index (χ1n) is 5.56. The Kier molecular flexibility index (Phi) is 3.99. The van der Waals surface area contributed by atoms with E-state index in [1.165, 1.54) is 0 Å². The Balaban J connectivity index is 2.48. The van der Waals surface area contributed by atoms with Gasteiger partial charge in [0.25, 0.3) is 0 Å². The topological polar surface area (TPSA) is 42.4 Å². The van der Waals surface area contributed by atoms with E-state index in [1.807, 2.05) is 37.3 Å². The maximum atomic E-state index is 10.4. The molecule has 0 radical (unpaired) electrons. The Morgan fingerprint density at radius 1 is 1.33 bits per heavy atom. The van der Waals surface area contributed by atoms with Crippen molar-refractivity contribution in [2.24, 2.45) is 0 Å². The minimum atomic E-state index is -0.810. The van der Waals surface area contributed by atoms with Crippen molar-refractivity contribution in [3.8, 4) is 5.75 Å². The molecule has 0 saturated carbocycles. The van der Waals surface area contributed by atoms with Crippen LogP contribution in [-0.2, 0) is 0 Å². The van der Waals surface area contributed by atoms with E-state index in [4.69, 9.17) is 4.74 Å². The van der Waals surface area contributed by atoms with Crippen LogP contribution >= 0.6 is 15.9 Å². The van der Waals surface area contributed by atoms with Gasteiger partial charge in [-0.15, -0.1) is 0 Å². The van der Waals surface area contributed by atoms with Crippen molar-refractivity contribution in [1.82, 2.24) is 4.98 Å². The van der Waals surface area contributed by atoms with Gasteiger partial charge in [0.2, 0.25) is 0 Å². The maximum Gasteiger partial charge on any atom is 0.126 e. The lowest BCUT2D eigenvalue weighted by molar-refractivity contribution is 0.209. The number of hydrogen-bond acceptors (Lipinski definition) is 3. The second-order valence-electron chi connectivity index (χ2n) is 4.02. The summed E-state index contributed by atoms with van der Waals surface area (Å²) in [7, 11) is 1.59. The first-order valence-corrected chi connectivity index (χ1v) is 6.36. The van der Waals surface area contributed by atoms with Crippen LogP contribution in [0, 0.1) is 6.92 Å². The highest BCUT2D eigenvalue weighted by Gasteiger charge is 2.19. The summed E-state index contributed by atoms with van der Waals surface area (Å²) < 4.78 is 6.06. The van der Waals surface area contributed by atoms with Gasteiger partial charge < -0.3 is 9.84 Å². The summed E-state index contributed by atoms with van der Waals surface area (Å²) in [5, 5.41) is 10.4. The number of nitrogens with zero attached hydrogens (tertiary/aromatic N) is 1. The van der Waals surface area contributed by atoms with E-state index in [9.17, 15) is 5.11 Å². The summed E-state index contributed by atoms with van der Waals surface area (Å²) in [4.78, 5) is 4.21. The minimum Gasteiger partial charge on any atom is -0.496 e. The van der Waals surface area contributed by atoms with Crippen LogP contribution in [0.2, 0.25) is 0 Å². The third-order valence-electron chi connectivity index (χ3n) is 2.73. The van der Waals surface area contributed by atoms with Crippen molar-refractivity contribution in [1.29, 1.82) is 0 Å². The lowest BCUT2D eigenvalue weighted by Gasteiger charge is -2.16. The number of ether oxygens (including phenoxy) is 1. The summed E-state index contributed by atoms with van der Waals surface area (Å²) in [6.45, 7) is 1.98. The van der Waals surface area contributed by atoms with Crippen LogP contribution < -0.4 is 4.74 Å². The lowest BCUT2D eigenvalue weighted by Crippen LogP contribution is -2.05. The van der Waals surface area contributed by atoms with Crippen LogP contribution in [0.4, 0.5) is 0 Å². The molecule has 0 aliphatic carbocycles. The average molecular weight is 308 g/mol. The summed E-state index contributed by atoms with van der Waals surface area (Å²) >= 11 is 3.40. The predicted octanol–water partition coefficient (Wildman–Crippen LogP) is 3.24. The molecule has 94 valence electrons. The normalized spacial score (nSPS) is 12.2. The zero-order valence-corrected chi connectivity index (χ0v) is 11.8. The van der Waals surface area contributed by atoms with Crippen LogP contribution in [0.5, 0.6) is 5.75 Å². The number of aromatic nitrogens is 1. The van der Waals surface area contributed by atoms with E-state index >= 15 is 0 Å².